The average molecular weight is 231 g/mol. The summed E-state index contributed by atoms with van der Waals surface area (Å²) in [5.41, 5.74) is 2.50. The minimum absolute atomic E-state index is 0.217. The van der Waals surface area contributed by atoms with Gasteiger partial charge in [0.25, 0.3) is 0 Å². The summed E-state index contributed by atoms with van der Waals surface area (Å²) >= 11 is 11.2. The van der Waals surface area contributed by atoms with Crippen molar-refractivity contribution in [2.45, 2.75) is 13.0 Å². The van der Waals surface area contributed by atoms with Crippen LogP contribution >= 0.6 is 23.2 Å². The minimum Gasteiger partial charge on any atom is -0.305 e. The van der Waals surface area contributed by atoms with E-state index in [0.29, 0.717) is 11.6 Å². The lowest BCUT2D eigenvalue weighted by Gasteiger charge is -2.12. The van der Waals surface area contributed by atoms with Crippen LogP contribution in [0.3, 0.4) is 0 Å². The maximum absolute atomic E-state index is 5.75. The molecule has 0 aliphatic heterocycles. The Kier molecular flexibility index (Phi) is 4.94. The number of nitrogens with zero attached hydrogens (tertiary/aromatic N) is 1. The second-order valence-electron chi connectivity index (χ2n) is 2.94. The van der Waals surface area contributed by atoms with Crippen LogP contribution in [-0.2, 0) is 0 Å². The average Bonchev–Trinajstić information content (AvgIpc) is 2.26. The Morgan fingerprint density at radius 3 is 3.07 bits per heavy atom. The summed E-state index contributed by atoms with van der Waals surface area (Å²) < 4.78 is 0. The van der Waals surface area contributed by atoms with Crippen molar-refractivity contribution in [1.82, 2.24) is 10.3 Å². The Morgan fingerprint density at radius 1 is 1.71 bits per heavy atom. The fourth-order valence-corrected chi connectivity index (χ4v) is 1.19. The zero-order chi connectivity index (χ0) is 10.4. The molecule has 0 aromatic carbocycles. The summed E-state index contributed by atoms with van der Waals surface area (Å²) in [5.74, 6) is 0. The predicted molar refractivity (Wildman–Crippen MR) is 60.4 cm³/mol. The highest BCUT2D eigenvalue weighted by Gasteiger charge is 2.03. The van der Waals surface area contributed by atoms with Gasteiger partial charge in [0, 0.05) is 35.5 Å². The fraction of sp³-hybridized carbons (Fsp3) is 0.300. The van der Waals surface area contributed by atoms with Crippen molar-refractivity contribution in [3.8, 4) is 0 Å². The molecule has 1 heterocycles. The zero-order valence-corrected chi connectivity index (χ0v) is 9.39. The van der Waals surface area contributed by atoms with Gasteiger partial charge in [-0.25, -0.2) is 0 Å². The number of hydrogen-bond donors (Lipinski definition) is 1. The molecule has 0 fully saturated rings. The lowest BCUT2D eigenvalue weighted by atomic mass is 10.1. The van der Waals surface area contributed by atoms with Gasteiger partial charge in [-0.3, -0.25) is 4.98 Å². The Morgan fingerprint density at radius 2 is 2.50 bits per heavy atom. The summed E-state index contributed by atoms with van der Waals surface area (Å²) in [6, 6.07) is 4.14. The predicted octanol–water partition coefficient (Wildman–Crippen LogP) is 3.05. The maximum Gasteiger partial charge on any atom is 0.0432 e. The summed E-state index contributed by atoms with van der Waals surface area (Å²) in [6.45, 7) is 2.62. The van der Waals surface area contributed by atoms with Gasteiger partial charge in [0.1, 0.15) is 0 Å². The topological polar surface area (TPSA) is 24.9 Å². The molecule has 76 valence electrons. The van der Waals surface area contributed by atoms with Crippen LogP contribution in [0.25, 0.3) is 0 Å². The summed E-state index contributed by atoms with van der Waals surface area (Å²) in [6.07, 6.45) is 3.58. The van der Waals surface area contributed by atoms with Gasteiger partial charge in [0.05, 0.1) is 0 Å². The second-order valence-corrected chi connectivity index (χ2v) is 3.65. The van der Waals surface area contributed by atoms with Crippen molar-refractivity contribution >= 4 is 23.2 Å². The molecule has 0 spiro atoms. The monoisotopic (exact) mass is 230 g/mol. The van der Waals surface area contributed by atoms with Crippen LogP contribution in [-0.4, -0.2) is 11.5 Å². The molecule has 2 nitrogen and oxygen atoms in total. The van der Waals surface area contributed by atoms with E-state index in [0.717, 1.165) is 5.56 Å². The second kappa shape index (κ2) is 6.02. The normalized spacial score (nSPS) is 14.1. The highest BCUT2D eigenvalue weighted by Crippen LogP contribution is 2.11. The SMILES string of the molecule is CC(NCC(Cl)=CCl)c1cccnc1. The Bertz CT molecular complexity index is 298. The van der Waals surface area contributed by atoms with Crippen molar-refractivity contribution in [2.75, 3.05) is 6.54 Å². The standard InChI is InChI=1S/C10H12Cl2N2/c1-8(14-7-10(12)5-11)9-3-2-4-13-6-9/h2-6,8,14H,7H2,1H3. The first kappa shape index (κ1) is 11.5. The van der Waals surface area contributed by atoms with Gasteiger partial charge in [0.2, 0.25) is 0 Å². The summed E-state index contributed by atoms with van der Waals surface area (Å²) in [7, 11) is 0. The lowest BCUT2D eigenvalue weighted by molar-refractivity contribution is 0.612. The molecule has 0 bridgehead atoms. The van der Waals surface area contributed by atoms with Crippen molar-refractivity contribution < 1.29 is 0 Å². The molecule has 1 N–H and O–H groups in total. The van der Waals surface area contributed by atoms with E-state index in [9.17, 15) is 0 Å². The van der Waals surface area contributed by atoms with Crippen LogP contribution in [0.2, 0.25) is 0 Å². The first-order valence-electron chi connectivity index (χ1n) is 4.32. The van der Waals surface area contributed by atoms with Crippen LogP contribution < -0.4 is 5.32 Å². The molecule has 1 aromatic rings. The van der Waals surface area contributed by atoms with Crippen LogP contribution in [0.4, 0.5) is 0 Å². The van der Waals surface area contributed by atoms with E-state index in [1.807, 2.05) is 18.3 Å². The van der Waals surface area contributed by atoms with Crippen molar-refractivity contribution in [3.63, 3.8) is 0 Å². The van der Waals surface area contributed by atoms with E-state index < -0.39 is 0 Å². The third kappa shape index (κ3) is 3.66. The van der Waals surface area contributed by atoms with Crippen LogP contribution in [0.15, 0.2) is 35.1 Å². The van der Waals surface area contributed by atoms with Gasteiger partial charge in [-0.1, -0.05) is 29.3 Å². The minimum atomic E-state index is 0.217. The number of hydrogen-bond acceptors (Lipinski definition) is 2. The molecular formula is C10H12Cl2N2. The largest absolute Gasteiger partial charge is 0.305 e. The van der Waals surface area contributed by atoms with Crippen LogP contribution in [0.1, 0.15) is 18.5 Å². The molecule has 1 rings (SSSR count). The highest BCUT2D eigenvalue weighted by molar-refractivity contribution is 6.36. The molecule has 1 unspecified atom stereocenters. The molecule has 0 aliphatic rings. The van der Waals surface area contributed by atoms with Gasteiger partial charge in [-0.05, 0) is 18.6 Å². The first-order chi connectivity index (χ1) is 6.74. The van der Waals surface area contributed by atoms with Gasteiger partial charge < -0.3 is 5.32 Å². The first-order valence-corrected chi connectivity index (χ1v) is 5.13. The molecule has 4 heteroatoms. The third-order valence-corrected chi connectivity index (χ3v) is 2.50. The van der Waals surface area contributed by atoms with E-state index >= 15 is 0 Å². The van der Waals surface area contributed by atoms with E-state index in [1.165, 1.54) is 5.54 Å². The summed E-state index contributed by atoms with van der Waals surface area (Å²) in [4.78, 5) is 4.04. The Balaban J connectivity index is 2.47. The fourth-order valence-electron chi connectivity index (χ4n) is 1.04. The number of halogens is 2. The smallest absolute Gasteiger partial charge is 0.0432 e. The number of aromatic nitrogens is 1. The van der Waals surface area contributed by atoms with Gasteiger partial charge in [-0.15, -0.1) is 0 Å². The lowest BCUT2D eigenvalue weighted by Crippen LogP contribution is -2.19. The van der Waals surface area contributed by atoms with Crippen LogP contribution in [0.5, 0.6) is 0 Å². The molecule has 0 radical (unpaired) electrons. The third-order valence-electron chi connectivity index (χ3n) is 1.88. The molecule has 0 aliphatic carbocycles. The quantitative estimate of drug-likeness (QED) is 0.861. The molecular weight excluding hydrogens is 219 g/mol. The van der Waals surface area contributed by atoms with Crippen molar-refractivity contribution in [2.24, 2.45) is 0 Å². The maximum atomic E-state index is 5.75. The van der Waals surface area contributed by atoms with E-state index in [4.69, 9.17) is 23.2 Å². The van der Waals surface area contributed by atoms with Gasteiger partial charge in [-0.2, -0.15) is 0 Å². The van der Waals surface area contributed by atoms with E-state index in [2.05, 4.69) is 17.2 Å². The van der Waals surface area contributed by atoms with Gasteiger partial charge in [0.15, 0.2) is 0 Å². The van der Waals surface area contributed by atoms with Crippen LogP contribution in [0, 0.1) is 0 Å². The number of nitrogens with one attached hydrogen (secondary N) is 1. The molecule has 14 heavy (non-hydrogen) atoms. The number of pyridine rings is 1. The Labute approximate surface area is 93.9 Å². The Hall–Kier alpha value is -0.570. The zero-order valence-electron chi connectivity index (χ0n) is 7.87. The van der Waals surface area contributed by atoms with Crippen molar-refractivity contribution in [3.05, 3.63) is 40.7 Å². The number of rotatable bonds is 4. The molecule has 1 aromatic heterocycles. The van der Waals surface area contributed by atoms with E-state index in [1.54, 1.807) is 6.20 Å². The summed E-state index contributed by atoms with van der Waals surface area (Å²) in [5, 5.41) is 3.82. The van der Waals surface area contributed by atoms with Gasteiger partial charge >= 0.3 is 0 Å². The van der Waals surface area contributed by atoms with E-state index in [-0.39, 0.29) is 6.04 Å². The molecule has 0 saturated heterocycles. The molecule has 1 atom stereocenters. The van der Waals surface area contributed by atoms with Crippen molar-refractivity contribution in [1.29, 1.82) is 0 Å². The highest BCUT2D eigenvalue weighted by atomic mass is 35.5. The molecule has 0 saturated carbocycles. The molecule has 0 amide bonds.